The molecule has 0 aliphatic heterocycles. The number of nitrogens with zero attached hydrogens (tertiary/aromatic N) is 1. The van der Waals surface area contributed by atoms with Crippen LogP contribution < -0.4 is 11.1 Å². The van der Waals surface area contributed by atoms with E-state index in [1.54, 1.807) is 12.3 Å². The highest BCUT2D eigenvalue weighted by Gasteiger charge is 1.99. The summed E-state index contributed by atoms with van der Waals surface area (Å²) in [5.74, 6) is 0.774. The molecule has 3 nitrogen and oxygen atoms in total. The van der Waals surface area contributed by atoms with Crippen LogP contribution >= 0.6 is 27.5 Å². The second-order valence-corrected chi connectivity index (χ2v) is 3.86. The molecule has 0 spiro atoms. The Hall–Kier alpha value is -0.580. The molecule has 0 saturated carbocycles. The van der Waals surface area contributed by atoms with Crippen LogP contribution in [0.1, 0.15) is 0 Å². The van der Waals surface area contributed by atoms with Crippen molar-refractivity contribution in [2.24, 2.45) is 5.73 Å². The van der Waals surface area contributed by atoms with Gasteiger partial charge >= 0.3 is 0 Å². The average Bonchev–Trinajstić information content (AvgIpc) is 2.15. The lowest BCUT2D eigenvalue weighted by atomic mass is 10.4. The van der Waals surface area contributed by atoms with Crippen molar-refractivity contribution >= 4 is 33.3 Å². The fourth-order valence-electron chi connectivity index (χ4n) is 0.880. The molecular weight excluding hydrogens is 265 g/mol. The third kappa shape index (κ3) is 3.65. The molecule has 0 amide bonds. The zero-order valence-corrected chi connectivity index (χ0v) is 9.85. The molecule has 1 aromatic heterocycles. The number of nitrogens with two attached hydrogens (primary N) is 1. The number of halogens is 2. The normalized spacial score (nSPS) is 10.8. The minimum absolute atomic E-state index is 0.552. The third-order valence-electron chi connectivity index (χ3n) is 1.50. The topological polar surface area (TPSA) is 50.9 Å². The fraction of sp³-hybridized carbons (Fsp3) is 0.222. The maximum Gasteiger partial charge on any atom is 0.140 e. The minimum Gasteiger partial charge on any atom is -0.366 e. The van der Waals surface area contributed by atoms with Crippen LogP contribution in [0.25, 0.3) is 0 Å². The minimum atomic E-state index is 0.552. The molecule has 1 aromatic rings. The molecule has 0 aliphatic rings. The zero-order chi connectivity index (χ0) is 10.4. The Bertz CT molecular complexity index is 328. The maximum atomic E-state index is 5.75. The molecular formula is C9H11BrClN3. The van der Waals surface area contributed by atoms with E-state index >= 15 is 0 Å². The molecule has 0 unspecified atom stereocenters. The Morgan fingerprint density at radius 3 is 3.00 bits per heavy atom. The van der Waals surface area contributed by atoms with Crippen molar-refractivity contribution in [3.8, 4) is 0 Å². The van der Waals surface area contributed by atoms with Gasteiger partial charge in [-0.2, -0.15) is 0 Å². The van der Waals surface area contributed by atoms with Crippen molar-refractivity contribution in [2.75, 3.05) is 18.4 Å². The predicted octanol–water partition coefficient (Wildman–Crippen LogP) is 2.42. The summed E-state index contributed by atoms with van der Waals surface area (Å²) in [6, 6.07) is 1.80. The van der Waals surface area contributed by atoms with Crippen LogP contribution in [0.3, 0.4) is 0 Å². The van der Waals surface area contributed by atoms with Crippen molar-refractivity contribution in [3.05, 3.63) is 33.9 Å². The molecule has 1 heterocycles. The summed E-state index contributed by atoms with van der Waals surface area (Å²) in [4.78, 5) is 4.12. The van der Waals surface area contributed by atoms with E-state index < -0.39 is 0 Å². The van der Waals surface area contributed by atoms with Crippen molar-refractivity contribution in [1.29, 1.82) is 0 Å². The van der Waals surface area contributed by atoms with Gasteiger partial charge in [0.25, 0.3) is 0 Å². The lowest BCUT2D eigenvalue weighted by Gasteiger charge is -2.04. The Labute approximate surface area is 96.5 Å². The van der Waals surface area contributed by atoms with E-state index in [0.29, 0.717) is 18.1 Å². The van der Waals surface area contributed by atoms with Crippen LogP contribution in [0.15, 0.2) is 28.9 Å². The predicted molar refractivity (Wildman–Crippen MR) is 63.6 cm³/mol. The molecule has 0 aliphatic carbocycles. The highest BCUT2D eigenvalue weighted by Crippen LogP contribution is 2.22. The average molecular weight is 277 g/mol. The van der Waals surface area contributed by atoms with Gasteiger partial charge in [-0.25, -0.2) is 4.98 Å². The van der Waals surface area contributed by atoms with Crippen LogP contribution in [0.4, 0.5) is 5.82 Å². The van der Waals surface area contributed by atoms with E-state index in [2.05, 4.69) is 26.2 Å². The van der Waals surface area contributed by atoms with Gasteiger partial charge in [0.2, 0.25) is 0 Å². The molecule has 3 N–H and O–H groups in total. The van der Waals surface area contributed by atoms with E-state index in [-0.39, 0.29) is 0 Å². The highest BCUT2D eigenvalue weighted by atomic mass is 79.9. The molecule has 0 aromatic carbocycles. The second-order valence-electron chi connectivity index (χ2n) is 2.57. The molecule has 0 radical (unpaired) electrons. The van der Waals surface area contributed by atoms with E-state index in [1.807, 2.05) is 12.2 Å². The lowest BCUT2D eigenvalue weighted by molar-refractivity contribution is 1.19. The summed E-state index contributed by atoms with van der Waals surface area (Å²) in [7, 11) is 0. The number of aromatic nitrogens is 1. The van der Waals surface area contributed by atoms with Crippen molar-refractivity contribution in [1.82, 2.24) is 4.98 Å². The summed E-state index contributed by atoms with van der Waals surface area (Å²) in [6.07, 6.45) is 5.43. The summed E-state index contributed by atoms with van der Waals surface area (Å²) >= 11 is 9.11. The quantitative estimate of drug-likeness (QED) is 0.831. The Balaban J connectivity index is 2.55. The van der Waals surface area contributed by atoms with Gasteiger partial charge in [-0.1, -0.05) is 23.8 Å². The Kier molecular flexibility index (Phi) is 4.93. The van der Waals surface area contributed by atoms with Gasteiger partial charge in [-0.3, -0.25) is 0 Å². The van der Waals surface area contributed by atoms with Gasteiger partial charge < -0.3 is 11.1 Å². The molecule has 0 saturated heterocycles. The first kappa shape index (κ1) is 11.5. The number of nitrogens with one attached hydrogen (secondary N) is 1. The number of rotatable bonds is 4. The lowest BCUT2D eigenvalue weighted by Crippen LogP contribution is -2.02. The monoisotopic (exact) mass is 275 g/mol. The summed E-state index contributed by atoms with van der Waals surface area (Å²) < 4.78 is 0.853. The maximum absolute atomic E-state index is 5.75. The van der Waals surface area contributed by atoms with Gasteiger partial charge in [0, 0.05) is 19.3 Å². The Morgan fingerprint density at radius 1 is 1.57 bits per heavy atom. The van der Waals surface area contributed by atoms with Crippen LogP contribution in [0, 0.1) is 0 Å². The van der Waals surface area contributed by atoms with Crippen molar-refractivity contribution in [3.63, 3.8) is 0 Å². The third-order valence-corrected chi connectivity index (χ3v) is 2.31. The molecule has 0 bridgehead atoms. The Morgan fingerprint density at radius 2 is 2.36 bits per heavy atom. The van der Waals surface area contributed by atoms with Gasteiger partial charge in [0.05, 0.1) is 9.50 Å². The molecule has 1 rings (SSSR count). The van der Waals surface area contributed by atoms with Crippen molar-refractivity contribution < 1.29 is 0 Å². The summed E-state index contributed by atoms with van der Waals surface area (Å²) in [6.45, 7) is 1.25. The molecule has 5 heteroatoms. The standard InChI is InChI=1S/C9H11BrClN3/c10-8-5-7(11)6-14-9(8)13-4-2-1-3-12/h1-2,5-6H,3-4,12H2,(H,13,14)/b2-1+. The molecule has 14 heavy (non-hydrogen) atoms. The highest BCUT2D eigenvalue weighted by molar-refractivity contribution is 9.10. The molecule has 76 valence electrons. The summed E-state index contributed by atoms with van der Waals surface area (Å²) in [5, 5.41) is 3.73. The van der Waals surface area contributed by atoms with E-state index in [4.69, 9.17) is 17.3 Å². The van der Waals surface area contributed by atoms with Crippen molar-refractivity contribution in [2.45, 2.75) is 0 Å². The van der Waals surface area contributed by atoms with Crippen LogP contribution in [-0.4, -0.2) is 18.1 Å². The van der Waals surface area contributed by atoms with Gasteiger partial charge in [-0.15, -0.1) is 0 Å². The van der Waals surface area contributed by atoms with Crippen LogP contribution in [0.5, 0.6) is 0 Å². The number of pyridine rings is 1. The number of hydrogen-bond donors (Lipinski definition) is 2. The smallest absolute Gasteiger partial charge is 0.140 e. The van der Waals surface area contributed by atoms with Gasteiger partial charge in [0.1, 0.15) is 5.82 Å². The van der Waals surface area contributed by atoms with E-state index in [9.17, 15) is 0 Å². The molecule has 0 atom stereocenters. The first-order valence-corrected chi connectivity index (χ1v) is 5.31. The largest absolute Gasteiger partial charge is 0.366 e. The molecule has 0 fully saturated rings. The van der Waals surface area contributed by atoms with Crippen LogP contribution in [-0.2, 0) is 0 Å². The second kappa shape index (κ2) is 6.01. The first-order valence-electron chi connectivity index (χ1n) is 4.14. The number of anilines is 1. The van der Waals surface area contributed by atoms with Crippen LogP contribution in [0.2, 0.25) is 5.02 Å². The fourth-order valence-corrected chi connectivity index (χ4v) is 1.66. The van der Waals surface area contributed by atoms with E-state index in [0.717, 1.165) is 10.3 Å². The first-order chi connectivity index (χ1) is 6.74. The zero-order valence-electron chi connectivity index (χ0n) is 7.50. The van der Waals surface area contributed by atoms with E-state index in [1.165, 1.54) is 0 Å². The summed E-state index contributed by atoms with van der Waals surface area (Å²) in [5.41, 5.74) is 5.30. The SMILES string of the molecule is NC/C=C/CNc1ncc(Cl)cc1Br. The number of hydrogen-bond acceptors (Lipinski definition) is 3. The van der Waals surface area contributed by atoms with Gasteiger partial charge in [0.15, 0.2) is 0 Å². The van der Waals surface area contributed by atoms with Gasteiger partial charge in [-0.05, 0) is 22.0 Å².